The van der Waals surface area contributed by atoms with E-state index in [2.05, 4.69) is 14.9 Å². The van der Waals surface area contributed by atoms with E-state index in [-0.39, 0.29) is 24.8 Å². The topological polar surface area (TPSA) is 157 Å². The predicted octanol–water partition coefficient (Wildman–Crippen LogP) is 1.12. The second-order valence-corrected chi connectivity index (χ2v) is 8.57. The molecule has 0 amide bonds. The van der Waals surface area contributed by atoms with E-state index in [1.54, 1.807) is 33.9 Å². The Morgan fingerprint density at radius 3 is 2.00 bits per heavy atom. The summed E-state index contributed by atoms with van der Waals surface area (Å²) in [7, 11) is 0. The third-order valence-electron chi connectivity index (χ3n) is 6.06. The van der Waals surface area contributed by atoms with Gasteiger partial charge in [-0.3, -0.25) is 19.3 Å². The van der Waals surface area contributed by atoms with Crippen LogP contribution >= 0.6 is 0 Å². The first-order valence-electron chi connectivity index (χ1n) is 11.3. The lowest BCUT2D eigenvalue weighted by Crippen LogP contribution is -2.38. The lowest BCUT2D eigenvalue weighted by Gasteiger charge is -2.27. The molecule has 1 aliphatic rings. The van der Waals surface area contributed by atoms with Gasteiger partial charge in [-0.25, -0.2) is 9.97 Å². The van der Waals surface area contributed by atoms with E-state index in [0.717, 1.165) is 32.1 Å². The minimum absolute atomic E-state index is 0.137. The molecule has 0 bridgehead atoms. The molecule has 1 saturated carbocycles. The first-order chi connectivity index (χ1) is 15.8. The summed E-state index contributed by atoms with van der Waals surface area (Å²) < 4.78 is 3.15. The molecular weight excluding hydrogens is 428 g/mol. The van der Waals surface area contributed by atoms with E-state index >= 15 is 0 Å². The van der Waals surface area contributed by atoms with Crippen molar-refractivity contribution >= 4 is 17.7 Å². The van der Waals surface area contributed by atoms with Crippen LogP contribution in [0.3, 0.4) is 0 Å². The van der Waals surface area contributed by atoms with E-state index < -0.39 is 18.0 Å². The molecule has 1 unspecified atom stereocenters. The van der Waals surface area contributed by atoms with Crippen LogP contribution in [0.5, 0.6) is 0 Å². The van der Waals surface area contributed by atoms with Crippen molar-refractivity contribution in [2.24, 2.45) is 11.7 Å². The zero-order valence-electron chi connectivity index (χ0n) is 18.7. The lowest BCUT2D eigenvalue weighted by molar-refractivity contribution is -0.138. The highest BCUT2D eigenvalue weighted by molar-refractivity contribution is 5.86. The number of hydrogen-bond donors (Lipinski definition) is 3. The van der Waals surface area contributed by atoms with Crippen molar-refractivity contribution in [1.82, 2.24) is 24.0 Å². The van der Waals surface area contributed by atoms with Crippen molar-refractivity contribution in [3.63, 3.8) is 0 Å². The number of aliphatic carboxylic acids is 2. The SMILES string of the molecule is NC(CCCCN(Cc1nccn1CC(=O)O)Cc1nccn1CC(=O)O)C(=O)C1CCC1. The Morgan fingerprint density at radius 2 is 1.55 bits per heavy atom. The van der Waals surface area contributed by atoms with Gasteiger partial charge in [-0.05, 0) is 32.2 Å². The highest BCUT2D eigenvalue weighted by Crippen LogP contribution is 2.28. The van der Waals surface area contributed by atoms with Gasteiger partial charge in [0, 0.05) is 30.7 Å². The quantitative estimate of drug-likeness (QED) is 0.331. The Bertz CT molecular complexity index is 894. The van der Waals surface area contributed by atoms with Gasteiger partial charge in [0.1, 0.15) is 24.7 Å². The minimum Gasteiger partial charge on any atom is -0.480 e. The number of carboxylic acid groups (broad SMARTS) is 2. The summed E-state index contributed by atoms with van der Waals surface area (Å²) in [5.41, 5.74) is 6.10. The molecule has 0 spiro atoms. The highest BCUT2D eigenvalue weighted by atomic mass is 16.4. The number of hydrogen-bond acceptors (Lipinski definition) is 7. The van der Waals surface area contributed by atoms with Gasteiger partial charge in [-0.1, -0.05) is 12.8 Å². The number of imidazole rings is 2. The third-order valence-corrected chi connectivity index (χ3v) is 6.06. The van der Waals surface area contributed by atoms with Crippen LogP contribution in [0.15, 0.2) is 24.8 Å². The molecule has 3 rings (SSSR count). The molecule has 0 radical (unpaired) electrons. The first kappa shape index (κ1) is 24.6. The van der Waals surface area contributed by atoms with Gasteiger partial charge in [0.25, 0.3) is 0 Å². The van der Waals surface area contributed by atoms with E-state index in [0.29, 0.717) is 37.7 Å². The Hall–Kier alpha value is -3.05. The summed E-state index contributed by atoms with van der Waals surface area (Å²) in [6.45, 7) is 1.04. The fourth-order valence-corrected chi connectivity index (χ4v) is 4.01. The maximum atomic E-state index is 12.3. The Morgan fingerprint density at radius 1 is 1.00 bits per heavy atom. The van der Waals surface area contributed by atoms with Gasteiger partial charge < -0.3 is 25.1 Å². The predicted molar refractivity (Wildman–Crippen MR) is 118 cm³/mol. The molecule has 0 saturated heterocycles. The highest BCUT2D eigenvalue weighted by Gasteiger charge is 2.28. The summed E-state index contributed by atoms with van der Waals surface area (Å²) in [5.74, 6) is -0.399. The van der Waals surface area contributed by atoms with Crippen molar-refractivity contribution in [3.05, 3.63) is 36.4 Å². The summed E-state index contributed by atoms with van der Waals surface area (Å²) >= 11 is 0. The maximum Gasteiger partial charge on any atom is 0.323 e. The number of nitrogens with zero attached hydrogens (tertiary/aromatic N) is 5. The first-order valence-corrected chi connectivity index (χ1v) is 11.3. The lowest BCUT2D eigenvalue weighted by atomic mass is 9.79. The largest absolute Gasteiger partial charge is 0.480 e. The smallest absolute Gasteiger partial charge is 0.323 e. The second kappa shape index (κ2) is 11.7. The molecule has 1 fully saturated rings. The Kier molecular flexibility index (Phi) is 8.72. The van der Waals surface area contributed by atoms with Crippen LogP contribution in [0, 0.1) is 5.92 Å². The molecule has 2 heterocycles. The minimum atomic E-state index is -0.956. The zero-order valence-corrected chi connectivity index (χ0v) is 18.7. The fraction of sp³-hybridized carbons (Fsp3) is 0.591. The van der Waals surface area contributed by atoms with Crippen molar-refractivity contribution in [3.8, 4) is 0 Å². The van der Waals surface area contributed by atoms with Crippen LogP contribution in [-0.2, 0) is 40.6 Å². The van der Waals surface area contributed by atoms with Crippen molar-refractivity contribution in [2.75, 3.05) is 6.54 Å². The molecule has 180 valence electrons. The normalized spacial score (nSPS) is 14.8. The number of unbranched alkanes of at least 4 members (excludes halogenated alkanes) is 1. The monoisotopic (exact) mass is 460 g/mol. The summed E-state index contributed by atoms with van der Waals surface area (Å²) in [5, 5.41) is 18.3. The molecule has 0 aromatic carbocycles. The van der Waals surface area contributed by atoms with Crippen LogP contribution in [-0.4, -0.2) is 64.5 Å². The van der Waals surface area contributed by atoms with Crippen LogP contribution < -0.4 is 5.73 Å². The van der Waals surface area contributed by atoms with Gasteiger partial charge in [-0.2, -0.15) is 0 Å². The number of rotatable bonds is 15. The van der Waals surface area contributed by atoms with E-state index in [1.165, 1.54) is 0 Å². The molecule has 11 heteroatoms. The van der Waals surface area contributed by atoms with Crippen LogP contribution in [0.1, 0.15) is 50.2 Å². The zero-order chi connectivity index (χ0) is 23.8. The molecule has 2 aromatic rings. The van der Waals surface area contributed by atoms with Crippen molar-refractivity contribution in [2.45, 2.75) is 70.7 Å². The van der Waals surface area contributed by atoms with Gasteiger partial charge in [0.15, 0.2) is 5.78 Å². The van der Waals surface area contributed by atoms with Gasteiger partial charge >= 0.3 is 11.9 Å². The molecule has 2 aromatic heterocycles. The summed E-state index contributed by atoms with van der Waals surface area (Å²) in [4.78, 5) is 45.2. The number of carbonyl (C=O) groups is 3. The summed E-state index contributed by atoms with van der Waals surface area (Å²) in [6, 6.07) is -0.423. The molecule has 0 aliphatic heterocycles. The molecule has 4 N–H and O–H groups in total. The van der Waals surface area contributed by atoms with Crippen molar-refractivity contribution in [1.29, 1.82) is 0 Å². The third kappa shape index (κ3) is 7.22. The van der Waals surface area contributed by atoms with Gasteiger partial charge in [0.2, 0.25) is 0 Å². The van der Waals surface area contributed by atoms with Crippen LogP contribution in [0.25, 0.3) is 0 Å². The van der Waals surface area contributed by atoms with Gasteiger partial charge in [0.05, 0.1) is 19.1 Å². The van der Waals surface area contributed by atoms with Crippen molar-refractivity contribution < 1.29 is 24.6 Å². The number of nitrogens with two attached hydrogens (primary N) is 1. The number of Topliss-reactive ketones (excluding diaryl/α,β-unsaturated/α-hetero) is 1. The van der Waals surface area contributed by atoms with E-state index in [1.807, 2.05) is 0 Å². The Labute approximate surface area is 192 Å². The number of carboxylic acids is 2. The summed E-state index contributed by atoms with van der Waals surface area (Å²) in [6.07, 6.45) is 11.6. The number of ketones is 1. The second-order valence-electron chi connectivity index (χ2n) is 8.57. The molecule has 1 atom stereocenters. The van der Waals surface area contributed by atoms with Gasteiger partial charge in [-0.15, -0.1) is 0 Å². The Balaban J connectivity index is 1.61. The van der Waals surface area contributed by atoms with E-state index in [9.17, 15) is 14.4 Å². The maximum absolute atomic E-state index is 12.3. The van der Waals surface area contributed by atoms with E-state index in [4.69, 9.17) is 15.9 Å². The average molecular weight is 461 g/mol. The molecule has 1 aliphatic carbocycles. The molecule has 11 nitrogen and oxygen atoms in total. The average Bonchev–Trinajstić information content (AvgIpc) is 3.32. The standard InChI is InChI=1S/C22H32N6O5/c23-17(22(33)16-4-3-5-16)6-1-2-9-26(12-18-24-7-10-27(18)14-20(29)30)13-19-25-8-11-28(19)15-21(31)32/h7-8,10-11,16-17H,1-6,9,12-15,23H2,(H,29,30)(H,31,32). The molecular formula is C22H32N6O5. The number of aromatic nitrogens is 4. The molecule has 33 heavy (non-hydrogen) atoms. The van der Waals surface area contributed by atoms with Crippen LogP contribution in [0.2, 0.25) is 0 Å². The van der Waals surface area contributed by atoms with Crippen LogP contribution in [0.4, 0.5) is 0 Å². The fourth-order valence-electron chi connectivity index (χ4n) is 4.01. The number of carbonyl (C=O) groups excluding carboxylic acids is 1.